The van der Waals surface area contributed by atoms with Crippen LogP contribution in [0.4, 0.5) is 22.0 Å². The number of carbonyl (C=O) groups is 2. The molecule has 1 saturated carbocycles. The molecule has 42 heavy (non-hydrogen) atoms. The van der Waals surface area contributed by atoms with Gasteiger partial charge in [-0.05, 0) is 29.9 Å². The van der Waals surface area contributed by atoms with Crippen molar-refractivity contribution in [2.24, 2.45) is 17.3 Å². The first kappa shape index (κ1) is 31.7. The third-order valence-corrected chi connectivity index (χ3v) is 8.28. The molecule has 1 aromatic carbocycles. The third-order valence-electron chi connectivity index (χ3n) is 8.28. The second-order valence-corrected chi connectivity index (χ2v) is 12.2. The minimum Gasteiger partial charge on any atom is -0.481 e. The van der Waals surface area contributed by atoms with E-state index >= 15 is 0 Å². The molecule has 12 heteroatoms. The van der Waals surface area contributed by atoms with E-state index in [1.165, 1.54) is 12.0 Å². The lowest BCUT2D eigenvalue weighted by Crippen LogP contribution is -2.50. The number of rotatable bonds is 7. The number of carbonyl (C=O) groups excluding carboxylic acids is 1. The van der Waals surface area contributed by atoms with E-state index in [0.717, 1.165) is 6.07 Å². The van der Waals surface area contributed by atoms with Crippen molar-refractivity contribution < 1.29 is 41.4 Å². The molecule has 2 fully saturated rings. The molecule has 0 bridgehead atoms. The van der Waals surface area contributed by atoms with Crippen molar-refractivity contribution in [1.29, 1.82) is 0 Å². The number of aromatic nitrogens is 1. The fourth-order valence-corrected chi connectivity index (χ4v) is 6.51. The molecule has 1 aromatic heterocycles. The number of aliphatic carboxylic acids is 1. The fourth-order valence-electron chi connectivity index (χ4n) is 6.51. The lowest BCUT2D eigenvalue weighted by molar-refractivity contribution is -0.157. The highest BCUT2D eigenvalue weighted by atomic mass is 19.4. The molecule has 1 saturated heterocycles. The van der Waals surface area contributed by atoms with Gasteiger partial charge in [-0.15, -0.1) is 0 Å². The quantitative estimate of drug-likeness (QED) is 0.376. The van der Waals surface area contributed by atoms with Crippen molar-refractivity contribution in [3.05, 3.63) is 59.3 Å². The Morgan fingerprint density at radius 3 is 2.38 bits per heavy atom. The molecule has 7 nitrogen and oxygen atoms in total. The monoisotopic (exact) mass is 597 g/mol. The van der Waals surface area contributed by atoms with Gasteiger partial charge in [0.05, 0.1) is 18.7 Å². The SMILES string of the molecule is COc1ncc(C(F)(F)F)cc1CN[C@H]1[C@H](C(C)(C)C)[C@@H](C(=O)O)N(C(=O)[C@@H]2CCCC(F)(F)C2)[C@H]1c1ccccc1. The van der Waals surface area contributed by atoms with Crippen LogP contribution in [0, 0.1) is 17.3 Å². The lowest BCUT2D eigenvalue weighted by Gasteiger charge is -2.37. The molecule has 2 heterocycles. The second kappa shape index (κ2) is 11.8. The van der Waals surface area contributed by atoms with Crippen molar-refractivity contribution in [1.82, 2.24) is 15.2 Å². The van der Waals surface area contributed by atoms with Gasteiger partial charge in [0.2, 0.25) is 17.7 Å². The Balaban J connectivity index is 1.82. The Bertz CT molecular complexity index is 1280. The van der Waals surface area contributed by atoms with Gasteiger partial charge < -0.3 is 20.1 Å². The molecule has 1 aliphatic heterocycles. The van der Waals surface area contributed by atoms with Crippen LogP contribution in [0.2, 0.25) is 0 Å². The van der Waals surface area contributed by atoms with Gasteiger partial charge in [-0.25, -0.2) is 18.6 Å². The molecule has 230 valence electrons. The molecule has 4 rings (SSSR count). The molecular weight excluding hydrogens is 561 g/mol. The van der Waals surface area contributed by atoms with Crippen LogP contribution in [-0.2, 0) is 22.3 Å². The van der Waals surface area contributed by atoms with Gasteiger partial charge in [0, 0.05) is 49.0 Å². The van der Waals surface area contributed by atoms with Crippen molar-refractivity contribution in [3.63, 3.8) is 0 Å². The summed E-state index contributed by atoms with van der Waals surface area (Å²) in [5, 5.41) is 13.8. The fraction of sp³-hybridized carbons (Fsp3) is 0.567. The molecule has 0 radical (unpaired) electrons. The molecule has 0 spiro atoms. The Kier molecular flexibility index (Phi) is 8.87. The maximum Gasteiger partial charge on any atom is 0.417 e. The minimum absolute atomic E-state index is 0.0378. The first-order valence-corrected chi connectivity index (χ1v) is 13.9. The van der Waals surface area contributed by atoms with Gasteiger partial charge in [-0.1, -0.05) is 51.1 Å². The molecule has 1 aliphatic carbocycles. The zero-order valence-electron chi connectivity index (χ0n) is 23.9. The summed E-state index contributed by atoms with van der Waals surface area (Å²) in [7, 11) is 1.28. The molecule has 1 amide bonds. The van der Waals surface area contributed by atoms with Gasteiger partial charge in [0.25, 0.3) is 0 Å². The zero-order valence-corrected chi connectivity index (χ0v) is 23.9. The Labute approximate surface area is 241 Å². The number of methoxy groups -OCH3 is 1. The summed E-state index contributed by atoms with van der Waals surface area (Å²) in [5.41, 5.74) is -1.03. The number of hydrogen-bond donors (Lipinski definition) is 2. The normalized spacial score (nSPS) is 26.2. The van der Waals surface area contributed by atoms with Crippen LogP contribution in [0.1, 0.15) is 69.2 Å². The number of carboxylic acid groups (broad SMARTS) is 1. The predicted octanol–water partition coefficient (Wildman–Crippen LogP) is 6.09. The highest BCUT2D eigenvalue weighted by molar-refractivity contribution is 5.87. The van der Waals surface area contributed by atoms with E-state index in [2.05, 4.69) is 10.3 Å². The van der Waals surface area contributed by atoms with E-state index in [1.807, 2.05) is 20.8 Å². The van der Waals surface area contributed by atoms with Crippen molar-refractivity contribution >= 4 is 11.9 Å². The molecule has 0 unspecified atom stereocenters. The first-order chi connectivity index (χ1) is 19.5. The average molecular weight is 598 g/mol. The number of amides is 1. The van der Waals surface area contributed by atoms with E-state index in [-0.39, 0.29) is 37.3 Å². The van der Waals surface area contributed by atoms with Gasteiger partial charge in [0.1, 0.15) is 6.04 Å². The number of alkyl halides is 5. The van der Waals surface area contributed by atoms with Crippen molar-refractivity contribution in [2.75, 3.05) is 7.11 Å². The number of likely N-dealkylation sites (tertiary alicyclic amines) is 1. The first-order valence-electron chi connectivity index (χ1n) is 13.9. The minimum atomic E-state index is -4.65. The van der Waals surface area contributed by atoms with Gasteiger partial charge in [-0.2, -0.15) is 13.2 Å². The van der Waals surface area contributed by atoms with E-state index < -0.39 is 71.3 Å². The number of nitrogens with zero attached hydrogens (tertiary/aromatic N) is 2. The van der Waals surface area contributed by atoms with E-state index in [0.29, 0.717) is 11.8 Å². The number of nitrogens with one attached hydrogen (secondary N) is 1. The molecule has 2 N–H and O–H groups in total. The van der Waals surface area contributed by atoms with E-state index in [4.69, 9.17) is 4.74 Å². The van der Waals surface area contributed by atoms with Crippen molar-refractivity contribution in [2.45, 2.75) is 83.2 Å². The largest absolute Gasteiger partial charge is 0.481 e. The lowest BCUT2D eigenvalue weighted by atomic mass is 9.72. The van der Waals surface area contributed by atoms with Crippen LogP contribution in [0.25, 0.3) is 0 Å². The van der Waals surface area contributed by atoms with Gasteiger partial charge in [-0.3, -0.25) is 4.79 Å². The van der Waals surface area contributed by atoms with Crippen LogP contribution in [0.5, 0.6) is 5.88 Å². The van der Waals surface area contributed by atoms with Crippen LogP contribution in [0.15, 0.2) is 42.6 Å². The standard InChI is InChI=1S/C30H36F5N3O4/c1-28(2,3)21-22(36-15-19-13-20(30(33,34)35)16-37-25(19)42-4)23(17-9-6-5-7-10-17)38(24(21)27(40)41)26(39)18-11-8-12-29(31,32)14-18/h5-7,9-10,13,16,18,21-24,36H,8,11-12,14-15H2,1-4H3,(H,40,41)/t18-,21+,22+,23+,24+/m1/s1. The summed E-state index contributed by atoms with van der Waals surface area (Å²) in [6, 6.07) is 6.52. The summed E-state index contributed by atoms with van der Waals surface area (Å²) in [6.07, 6.45) is -4.63. The van der Waals surface area contributed by atoms with Crippen LogP contribution in [0.3, 0.4) is 0 Å². The summed E-state index contributed by atoms with van der Waals surface area (Å²) in [5.74, 6) is -6.83. The molecule has 5 atom stereocenters. The Hall–Kier alpha value is -3.28. The number of carboxylic acids is 1. The highest BCUT2D eigenvalue weighted by Crippen LogP contribution is 2.50. The summed E-state index contributed by atoms with van der Waals surface area (Å²) >= 11 is 0. The number of ether oxygens (including phenoxy) is 1. The maximum absolute atomic E-state index is 14.4. The molecule has 2 aromatic rings. The zero-order chi connectivity index (χ0) is 31.0. The smallest absolute Gasteiger partial charge is 0.417 e. The highest BCUT2D eigenvalue weighted by Gasteiger charge is 2.59. The van der Waals surface area contributed by atoms with Crippen LogP contribution >= 0.6 is 0 Å². The summed E-state index contributed by atoms with van der Waals surface area (Å²) in [4.78, 5) is 32.0. The number of benzene rings is 1. The molecular formula is C30H36F5N3O4. The van der Waals surface area contributed by atoms with E-state index in [1.54, 1.807) is 30.3 Å². The third kappa shape index (κ3) is 6.53. The number of hydrogen-bond acceptors (Lipinski definition) is 5. The average Bonchev–Trinajstić information content (AvgIpc) is 3.26. The van der Waals surface area contributed by atoms with Gasteiger partial charge in [0.15, 0.2) is 0 Å². The number of halogens is 5. The van der Waals surface area contributed by atoms with Crippen molar-refractivity contribution in [3.8, 4) is 5.88 Å². The topological polar surface area (TPSA) is 91.8 Å². The number of pyridine rings is 1. The van der Waals surface area contributed by atoms with Crippen LogP contribution < -0.4 is 10.1 Å². The van der Waals surface area contributed by atoms with E-state index in [9.17, 15) is 36.6 Å². The van der Waals surface area contributed by atoms with Crippen LogP contribution in [-0.4, -0.2) is 52.0 Å². The summed E-state index contributed by atoms with van der Waals surface area (Å²) < 4.78 is 74.5. The second-order valence-electron chi connectivity index (χ2n) is 12.2. The Morgan fingerprint density at radius 2 is 1.83 bits per heavy atom. The summed E-state index contributed by atoms with van der Waals surface area (Å²) in [6.45, 7) is 5.27. The maximum atomic E-state index is 14.4. The Morgan fingerprint density at radius 1 is 1.17 bits per heavy atom. The van der Waals surface area contributed by atoms with Gasteiger partial charge >= 0.3 is 12.1 Å². The predicted molar refractivity (Wildman–Crippen MR) is 144 cm³/mol. The molecule has 2 aliphatic rings.